The predicted molar refractivity (Wildman–Crippen MR) is 106 cm³/mol. The van der Waals surface area contributed by atoms with Gasteiger partial charge in [-0.2, -0.15) is 5.26 Å². The van der Waals surface area contributed by atoms with E-state index < -0.39 is 10.9 Å². The van der Waals surface area contributed by atoms with Crippen LogP contribution >= 0.6 is 11.3 Å². The quantitative estimate of drug-likeness (QED) is 0.239. The van der Waals surface area contributed by atoms with E-state index in [4.69, 9.17) is 5.11 Å². The number of thiazole rings is 1. The average Bonchev–Trinajstić information content (AvgIpc) is 3.19. The highest BCUT2D eigenvalue weighted by molar-refractivity contribution is 7.11. The Morgan fingerprint density at radius 1 is 1.28 bits per heavy atom. The molecular formula is C19H12N4O5S. The summed E-state index contributed by atoms with van der Waals surface area (Å²) >= 11 is 1.22. The molecule has 0 atom stereocenters. The van der Waals surface area contributed by atoms with Gasteiger partial charge in [-0.15, -0.1) is 11.3 Å². The van der Waals surface area contributed by atoms with Crippen LogP contribution in [0.2, 0.25) is 0 Å². The molecule has 29 heavy (non-hydrogen) atoms. The minimum atomic E-state index is -1.27. The van der Waals surface area contributed by atoms with Gasteiger partial charge in [-0.05, 0) is 30.3 Å². The summed E-state index contributed by atoms with van der Waals surface area (Å²) in [5, 5.41) is 43.7. The SMILES string of the molecule is N#C/C(=C\Nc1ccc(O)c(C(=O)O)c1)c1nc(-c2ccc([N+](=O)[O-])cc2)cs1. The molecule has 0 aliphatic heterocycles. The molecule has 2 aromatic carbocycles. The maximum absolute atomic E-state index is 11.1. The van der Waals surface area contributed by atoms with Crippen LogP contribution in [-0.2, 0) is 0 Å². The third-order valence-electron chi connectivity index (χ3n) is 3.84. The number of nitro groups is 1. The number of aromatic nitrogens is 1. The van der Waals surface area contributed by atoms with Crippen molar-refractivity contribution in [3.8, 4) is 23.1 Å². The Kier molecular flexibility index (Phi) is 5.52. The van der Waals surface area contributed by atoms with Crippen LogP contribution in [0.5, 0.6) is 5.75 Å². The van der Waals surface area contributed by atoms with Gasteiger partial charge in [0.2, 0.25) is 0 Å². The van der Waals surface area contributed by atoms with Crippen molar-refractivity contribution in [3.05, 3.63) is 74.7 Å². The van der Waals surface area contributed by atoms with Crippen LogP contribution < -0.4 is 5.32 Å². The number of carbonyl (C=O) groups is 1. The van der Waals surface area contributed by atoms with Crippen LogP contribution in [0.1, 0.15) is 15.4 Å². The molecule has 0 spiro atoms. The summed E-state index contributed by atoms with van der Waals surface area (Å²) in [4.78, 5) is 25.7. The van der Waals surface area contributed by atoms with Crippen molar-refractivity contribution in [3.63, 3.8) is 0 Å². The lowest BCUT2D eigenvalue weighted by molar-refractivity contribution is -0.384. The maximum atomic E-state index is 11.1. The summed E-state index contributed by atoms with van der Waals surface area (Å²) in [5.41, 5.74) is 1.54. The molecule has 0 bridgehead atoms. The first kappa shape index (κ1) is 19.5. The summed E-state index contributed by atoms with van der Waals surface area (Å²) < 4.78 is 0. The third-order valence-corrected chi connectivity index (χ3v) is 4.71. The van der Waals surface area contributed by atoms with Crippen molar-refractivity contribution in [1.29, 1.82) is 5.26 Å². The molecule has 3 aromatic rings. The first-order valence-electron chi connectivity index (χ1n) is 8.03. The van der Waals surface area contributed by atoms with E-state index in [-0.39, 0.29) is 22.6 Å². The Labute approximate surface area is 168 Å². The number of allylic oxidation sites excluding steroid dienone is 1. The van der Waals surface area contributed by atoms with Crippen molar-refractivity contribution >= 4 is 34.3 Å². The number of benzene rings is 2. The molecule has 0 amide bonds. The van der Waals surface area contributed by atoms with Gasteiger partial charge in [-0.25, -0.2) is 9.78 Å². The summed E-state index contributed by atoms with van der Waals surface area (Å²) in [7, 11) is 0. The van der Waals surface area contributed by atoms with Crippen molar-refractivity contribution in [2.75, 3.05) is 5.32 Å². The number of carboxylic acids is 1. The van der Waals surface area contributed by atoms with E-state index in [0.717, 1.165) is 0 Å². The Bertz CT molecular complexity index is 1160. The molecule has 3 rings (SSSR count). The van der Waals surface area contributed by atoms with E-state index in [9.17, 15) is 25.3 Å². The Morgan fingerprint density at radius 3 is 2.62 bits per heavy atom. The zero-order chi connectivity index (χ0) is 21.0. The molecule has 1 heterocycles. The lowest BCUT2D eigenvalue weighted by Crippen LogP contribution is -1.98. The molecule has 0 saturated heterocycles. The number of nitro benzene ring substituents is 1. The number of hydrogen-bond acceptors (Lipinski definition) is 8. The molecule has 0 saturated carbocycles. The zero-order valence-electron chi connectivity index (χ0n) is 14.6. The van der Waals surface area contributed by atoms with Crippen molar-refractivity contribution in [2.45, 2.75) is 0 Å². The van der Waals surface area contributed by atoms with Gasteiger partial charge >= 0.3 is 5.97 Å². The molecule has 144 valence electrons. The number of aromatic carboxylic acids is 1. The van der Waals surface area contributed by atoms with E-state index in [0.29, 0.717) is 22.0 Å². The van der Waals surface area contributed by atoms with Crippen molar-refractivity contribution in [2.24, 2.45) is 0 Å². The first-order valence-corrected chi connectivity index (χ1v) is 8.91. The van der Waals surface area contributed by atoms with Gasteiger partial charge in [0.25, 0.3) is 5.69 Å². The van der Waals surface area contributed by atoms with Crippen LogP contribution in [0.15, 0.2) is 54.0 Å². The van der Waals surface area contributed by atoms with Crippen LogP contribution in [0, 0.1) is 21.4 Å². The van der Waals surface area contributed by atoms with Crippen LogP contribution in [0.4, 0.5) is 11.4 Å². The number of nitrogens with one attached hydrogen (secondary N) is 1. The van der Waals surface area contributed by atoms with E-state index in [2.05, 4.69) is 10.3 Å². The van der Waals surface area contributed by atoms with Crippen LogP contribution in [0.25, 0.3) is 16.8 Å². The summed E-state index contributed by atoms with van der Waals surface area (Å²) in [6.07, 6.45) is 1.39. The largest absolute Gasteiger partial charge is 0.507 e. The molecule has 0 unspecified atom stereocenters. The topological polar surface area (TPSA) is 149 Å². The van der Waals surface area contributed by atoms with Gasteiger partial charge in [0, 0.05) is 35.0 Å². The highest BCUT2D eigenvalue weighted by Crippen LogP contribution is 2.28. The molecule has 0 aliphatic carbocycles. The molecule has 10 heteroatoms. The smallest absolute Gasteiger partial charge is 0.339 e. The lowest BCUT2D eigenvalue weighted by atomic mass is 10.1. The summed E-state index contributed by atoms with van der Waals surface area (Å²) in [6.45, 7) is 0. The van der Waals surface area contributed by atoms with E-state index >= 15 is 0 Å². The number of hydrogen-bond donors (Lipinski definition) is 3. The second kappa shape index (κ2) is 8.20. The van der Waals surface area contributed by atoms with Gasteiger partial charge in [0.15, 0.2) is 0 Å². The number of nitrogens with zero attached hydrogens (tertiary/aromatic N) is 3. The molecule has 9 nitrogen and oxygen atoms in total. The van der Waals surface area contributed by atoms with Crippen molar-refractivity contribution < 1.29 is 19.9 Å². The third kappa shape index (κ3) is 4.37. The fraction of sp³-hybridized carbons (Fsp3) is 0. The number of anilines is 1. The van der Waals surface area contributed by atoms with E-state index in [1.54, 1.807) is 17.5 Å². The van der Waals surface area contributed by atoms with E-state index in [1.165, 1.54) is 47.9 Å². The molecule has 1 aromatic heterocycles. The predicted octanol–water partition coefficient (Wildman–Crippen LogP) is 4.10. The maximum Gasteiger partial charge on any atom is 0.339 e. The highest BCUT2D eigenvalue weighted by atomic mass is 32.1. The van der Waals surface area contributed by atoms with Crippen molar-refractivity contribution in [1.82, 2.24) is 4.98 Å². The molecule has 0 aliphatic rings. The van der Waals surface area contributed by atoms with Gasteiger partial charge in [0.05, 0.1) is 10.6 Å². The zero-order valence-corrected chi connectivity index (χ0v) is 15.4. The number of non-ortho nitro benzene ring substituents is 1. The van der Waals surface area contributed by atoms with Gasteiger partial charge in [0.1, 0.15) is 28.0 Å². The van der Waals surface area contributed by atoms with Gasteiger partial charge in [-0.1, -0.05) is 0 Å². The number of rotatable bonds is 6. The van der Waals surface area contributed by atoms with Gasteiger partial charge < -0.3 is 15.5 Å². The fourth-order valence-electron chi connectivity index (χ4n) is 2.38. The normalized spacial score (nSPS) is 10.9. The van der Waals surface area contributed by atoms with Gasteiger partial charge in [-0.3, -0.25) is 10.1 Å². The van der Waals surface area contributed by atoms with Crippen LogP contribution in [-0.4, -0.2) is 26.1 Å². The number of carboxylic acid groups (broad SMARTS) is 1. The first-order chi connectivity index (χ1) is 13.9. The molecule has 3 N–H and O–H groups in total. The lowest BCUT2D eigenvalue weighted by Gasteiger charge is -2.05. The molecule has 0 radical (unpaired) electrons. The Hall–Kier alpha value is -4.23. The molecule has 0 fully saturated rings. The Balaban J connectivity index is 1.82. The summed E-state index contributed by atoms with van der Waals surface area (Å²) in [6, 6.07) is 11.9. The summed E-state index contributed by atoms with van der Waals surface area (Å²) in [5.74, 6) is -1.64. The van der Waals surface area contributed by atoms with Crippen LogP contribution in [0.3, 0.4) is 0 Å². The standard InChI is InChI=1S/C19H12N4O5S/c20-8-12(9-21-13-3-6-17(24)15(7-13)19(25)26)18-22-16(10-29-18)11-1-4-14(5-2-11)23(27)28/h1-7,9-10,21,24H,(H,25,26)/b12-9+. The highest BCUT2D eigenvalue weighted by Gasteiger charge is 2.12. The minimum Gasteiger partial charge on any atom is -0.507 e. The number of aromatic hydroxyl groups is 1. The second-order valence-corrected chi connectivity index (χ2v) is 6.55. The van der Waals surface area contributed by atoms with E-state index in [1.807, 2.05) is 6.07 Å². The minimum absolute atomic E-state index is 0.0272. The molecular weight excluding hydrogens is 396 g/mol. The number of phenols is 1. The second-order valence-electron chi connectivity index (χ2n) is 5.69. The average molecular weight is 408 g/mol. The fourth-order valence-corrected chi connectivity index (χ4v) is 3.17. The number of nitriles is 1. The monoisotopic (exact) mass is 408 g/mol. The Morgan fingerprint density at radius 2 is 2.00 bits per heavy atom.